The first-order valence-electron chi connectivity index (χ1n) is 4.39. The lowest BCUT2D eigenvalue weighted by Gasteiger charge is -2.10. The van der Waals surface area contributed by atoms with E-state index in [4.69, 9.17) is 4.74 Å². The fourth-order valence-electron chi connectivity index (χ4n) is 0.877. The van der Waals surface area contributed by atoms with Crippen molar-refractivity contribution in [3.63, 3.8) is 0 Å². The molecule has 0 unspecified atom stereocenters. The lowest BCUT2D eigenvalue weighted by atomic mass is 10.3. The molecule has 0 saturated heterocycles. The third kappa shape index (κ3) is 3.27. The maximum absolute atomic E-state index is 12.8. The second-order valence-electron chi connectivity index (χ2n) is 2.95. The number of halogens is 2. The van der Waals surface area contributed by atoms with Crippen molar-refractivity contribution >= 4 is 15.9 Å². The zero-order valence-electron chi connectivity index (χ0n) is 7.84. The second-order valence-corrected chi connectivity index (χ2v) is 3.80. The highest BCUT2D eigenvalue weighted by Gasteiger charge is 2.04. The molecule has 0 spiro atoms. The molecule has 1 N–H and O–H groups in total. The van der Waals surface area contributed by atoms with Gasteiger partial charge in [-0.05, 0) is 40.5 Å². The van der Waals surface area contributed by atoms with Crippen molar-refractivity contribution in [1.29, 1.82) is 0 Å². The summed E-state index contributed by atoms with van der Waals surface area (Å²) in [5.41, 5.74) is 0. The van der Waals surface area contributed by atoms with E-state index in [9.17, 15) is 9.50 Å². The Morgan fingerprint density at radius 1 is 1.57 bits per heavy atom. The van der Waals surface area contributed by atoms with E-state index in [0.29, 0.717) is 16.6 Å². The van der Waals surface area contributed by atoms with Crippen molar-refractivity contribution < 1.29 is 14.2 Å². The van der Waals surface area contributed by atoms with Crippen molar-refractivity contribution in [2.45, 2.75) is 19.4 Å². The Balaban J connectivity index is 2.55. The van der Waals surface area contributed by atoms with E-state index in [1.165, 1.54) is 18.2 Å². The summed E-state index contributed by atoms with van der Waals surface area (Å²) in [5, 5.41) is 9.23. The van der Waals surface area contributed by atoms with Crippen LogP contribution >= 0.6 is 15.9 Å². The van der Waals surface area contributed by atoms with Gasteiger partial charge in [0.05, 0.1) is 10.6 Å². The Bertz CT molecular complexity index is 304. The van der Waals surface area contributed by atoms with Gasteiger partial charge in [0.1, 0.15) is 18.2 Å². The molecule has 0 amide bonds. The van der Waals surface area contributed by atoms with Gasteiger partial charge in [0.2, 0.25) is 0 Å². The highest BCUT2D eigenvalue weighted by atomic mass is 79.9. The van der Waals surface area contributed by atoms with Crippen LogP contribution in [-0.4, -0.2) is 17.8 Å². The Kier molecular flexibility index (Phi) is 4.35. The molecule has 0 aliphatic rings. The number of aliphatic hydroxyl groups excluding tert-OH is 1. The molecule has 1 atom stereocenters. The van der Waals surface area contributed by atoms with Crippen molar-refractivity contribution in [2.24, 2.45) is 0 Å². The van der Waals surface area contributed by atoms with Crippen LogP contribution in [0.2, 0.25) is 0 Å². The van der Waals surface area contributed by atoms with Gasteiger partial charge in [-0.25, -0.2) is 4.39 Å². The van der Waals surface area contributed by atoms with Gasteiger partial charge in [0.25, 0.3) is 0 Å². The molecule has 0 aliphatic carbocycles. The summed E-state index contributed by atoms with van der Waals surface area (Å²) in [5.74, 6) is 0.221. The third-order valence-electron chi connectivity index (χ3n) is 1.80. The summed E-state index contributed by atoms with van der Waals surface area (Å²) in [4.78, 5) is 0. The van der Waals surface area contributed by atoms with Gasteiger partial charge in [-0.15, -0.1) is 0 Å². The number of hydrogen-bond donors (Lipinski definition) is 1. The first-order valence-corrected chi connectivity index (χ1v) is 5.18. The largest absolute Gasteiger partial charge is 0.491 e. The number of aliphatic hydroxyl groups is 1. The number of rotatable bonds is 4. The Morgan fingerprint density at radius 2 is 2.29 bits per heavy atom. The maximum atomic E-state index is 12.8. The van der Waals surface area contributed by atoms with Gasteiger partial charge in [0.15, 0.2) is 0 Å². The molecule has 1 aromatic rings. The van der Waals surface area contributed by atoms with Crippen LogP contribution in [0.4, 0.5) is 4.39 Å². The van der Waals surface area contributed by atoms with Crippen LogP contribution in [0, 0.1) is 5.82 Å². The van der Waals surface area contributed by atoms with Crippen LogP contribution in [0.1, 0.15) is 13.3 Å². The van der Waals surface area contributed by atoms with E-state index in [2.05, 4.69) is 15.9 Å². The van der Waals surface area contributed by atoms with E-state index in [0.717, 1.165) is 0 Å². The van der Waals surface area contributed by atoms with E-state index in [1.54, 1.807) is 0 Å². The van der Waals surface area contributed by atoms with Crippen molar-refractivity contribution in [2.75, 3.05) is 6.61 Å². The van der Waals surface area contributed by atoms with Gasteiger partial charge in [0, 0.05) is 0 Å². The average molecular weight is 263 g/mol. The number of hydrogen-bond acceptors (Lipinski definition) is 2. The quantitative estimate of drug-likeness (QED) is 0.905. The summed E-state index contributed by atoms with van der Waals surface area (Å²) in [7, 11) is 0. The van der Waals surface area contributed by atoms with Gasteiger partial charge in [-0.1, -0.05) is 6.92 Å². The first kappa shape index (κ1) is 11.5. The molecule has 0 aliphatic heterocycles. The van der Waals surface area contributed by atoms with Gasteiger partial charge in [-0.2, -0.15) is 0 Å². The zero-order valence-corrected chi connectivity index (χ0v) is 9.42. The summed E-state index contributed by atoms with van der Waals surface area (Å²) in [6, 6.07) is 4.39. The molecule has 0 saturated carbocycles. The summed E-state index contributed by atoms with van der Waals surface area (Å²) >= 11 is 3.05. The molecular weight excluding hydrogens is 251 g/mol. The predicted octanol–water partition coefficient (Wildman–Crippen LogP) is 2.74. The highest BCUT2D eigenvalue weighted by molar-refractivity contribution is 9.10. The van der Waals surface area contributed by atoms with Crippen LogP contribution in [0.5, 0.6) is 5.75 Å². The number of ether oxygens (including phenoxy) is 1. The van der Waals surface area contributed by atoms with Gasteiger partial charge < -0.3 is 9.84 Å². The lowest BCUT2D eigenvalue weighted by Crippen LogP contribution is -2.15. The molecule has 14 heavy (non-hydrogen) atoms. The Morgan fingerprint density at radius 3 is 2.86 bits per heavy atom. The molecular formula is C10H12BrFO2. The average Bonchev–Trinajstić information content (AvgIpc) is 2.19. The molecule has 4 heteroatoms. The molecule has 0 fully saturated rings. The third-order valence-corrected chi connectivity index (χ3v) is 2.41. The smallest absolute Gasteiger partial charge is 0.137 e. The van der Waals surface area contributed by atoms with Crippen molar-refractivity contribution in [1.82, 2.24) is 0 Å². The van der Waals surface area contributed by atoms with E-state index < -0.39 is 6.10 Å². The standard InChI is InChI=1S/C10H12BrFO2/c1-2-7(13)6-14-8-3-4-10(12)9(11)5-8/h3-5,7,13H,2,6H2,1H3/t7-/m0/s1. The van der Waals surface area contributed by atoms with Gasteiger partial charge >= 0.3 is 0 Å². The summed E-state index contributed by atoms with van der Waals surface area (Å²) in [6.07, 6.45) is 0.168. The fraction of sp³-hybridized carbons (Fsp3) is 0.400. The topological polar surface area (TPSA) is 29.5 Å². The van der Waals surface area contributed by atoms with Crippen LogP contribution in [-0.2, 0) is 0 Å². The minimum atomic E-state index is -0.473. The lowest BCUT2D eigenvalue weighted by molar-refractivity contribution is 0.104. The van der Waals surface area contributed by atoms with Crippen LogP contribution in [0.25, 0.3) is 0 Å². The van der Waals surface area contributed by atoms with Crippen molar-refractivity contribution in [3.05, 3.63) is 28.5 Å². The SMILES string of the molecule is CC[C@H](O)COc1ccc(F)c(Br)c1. The molecule has 2 nitrogen and oxygen atoms in total. The molecule has 0 heterocycles. The Labute approximate surface area is 90.8 Å². The zero-order chi connectivity index (χ0) is 10.6. The molecule has 0 bridgehead atoms. The van der Waals surface area contributed by atoms with Crippen molar-refractivity contribution in [3.8, 4) is 5.75 Å². The second kappa shape index (κ2) is 5.32. The predicted molar refractivity (Wildman–Crippen MR) is 55.9 cm³/mol. The molecule has 78 valence electrons. The van der Waals surface area contributed by atoms with E-state index in [-0.39, 0.29) is 12.4 Å². The molecule has 1 rings (SSSR count). The van der Waals surface area contributed by atoms with E-state index in [1.807, 2.05) is 6.92 Å². The highest BCUT2D eigenvalue weighted by Crippen LogP contribution is 2.21. The normalized spacial score (nSPS) is 12.6. The minimum absolute atomic E-state index is 0.231. The molecule has 0 aromatic heterocycles. The monoisotopic (exact) mass is 262 g/mol. The Hall–Kier alpha value is -0.610. The number of benzene rings is 1. The summed E-state index contributed by atoms with van der Waals surface area (Å²) < 4.78 is 18.4. The fourth-order valence-corrected chi connectivity index (χ4v) is 1.23. The summed E-state index contributed by atoms with van der Waals surface area (Å²) in [6.45, 7) is 2.10. The molecule has 1 aromatic carbocycles. The maximum Gasteiger partial charge on any atom is 0.137 e. The minimum Gasteiger partial charge on any atom is -0.491 e. The van der Waals surface area contributed by atoms with E-state index >= 15 is 0 Å². The van der Waals surface area contributed by atoms with Crippen LogP contribution in [0.3, 0.4) is 0 Å². The molecule has 0 radical (unpaired) electrons. The van der Waals surface area contributed by atoms with Crippen LogP contribution in [0.15, 0.2) is 22.7 Å². The van der Waals surface area contributed by atoms with Gasteiger partial charge in [-0.3, -0.25) is 0 Å². The van der Waals surface area contributed by atoms with Crippen LogP contribution < -0.4 is 4.74 Å². The first-order chi connectivity index (χ1) is 6.63.